The van der Waals surface area contributed by atoms with Crippen LogP contribution in [0.4, 0.5) is 0 Å². The molecule has 1 N–H and O–H groups in total. The Morgan fingerprint density at radius 3 is 2.15 bits per heavy atom. The van der Waals surface area contributed by atoms with Crippen LogP contribution in [0.25, 0.3) is 0 Å². The van der Waals surface area contributed by atoms with Crippen LogP contribution in [-0.2, 0) is 14.4 Å². The van der Waals surface area contributed by atoms with E-state index in [0.29, 0.717) is 0 Å². The van der Waals surface area contributed by atoms with Gasteiger partial charge in [0.1, 0.15) is 5.60 Å². The zero-order chi connectivity index (χ0) is 20.2. The number of carbonyl (C=O) groups is 3. The summed E-state index contributed by atoms with van der Waals surface area (Å²) >= 11 is 0. The van der Waals surface area contributed by atoms with Gasteiger partial charge >= 0.3 is 0 Å². The minimum Gasteiger partial charge on any atom is -0.873 e. The second-order valence-corrected chi connectivity index (χ2v) is 7.83. The third-order valence-electron chi connectivity index (χ3n) is 4.40. The monoisotopic (exact) mass is 361 g/mol. The van der Waals surface area contributed by atoms with Crippen LogP contribution in [0.15, 0.2) is 34.6 Å². The smallest absolute Gasteiger partial charge is 0.172 e. The molecule has 0 aromatic carbocycles. The zero-order valence-electron chi connectivity index (χ0n) is 16.5. The molecule has 0 saturated heterocycles. The zero-order valence-corrected chi connectivity index (χ0v) is 16.5. The molecule has 0 radical (unpaired) electrons. The Morgan fingerprint density at radius 1 is 1.15 bits per heavy atom. The average molecular weight is 361 g/mol. The topological polar surface area (TPSA) is 94.5 Å². The molecule has 0 spiro atoms. The maximum absolute atomic E-state index is 12.8. The molecule has 0 bridgehead atoms. The molecule has 0 heterocycles. The van der Waals surface area contributed by atoms with Crippen LogP contribution in [0.1, 0.15) is 60.8 Å². The Bertz CT molecular complexity index is 685. The SMILES string of the molecule is CC(C)=CCC(=O)C1(O)C([O-])=C(C(=O)CC(C)C)C(=O)C1CC=C(C)C. The van der Waals surface area contributed by atoms with E-state index in [4.69, 9.17) is 0 Å². The Morgan fingerprint density at radius 2 is 1.69 bits per heavy atom. The first-order valence-electron chi connectivity index (χ1n) is 8.94. The van der Waals surface area contributed by atoms with Gasteiger partial charge in [0.25, 0.3) is 0 Å². The first kappa shape index (κ1) is 22.0. The van der Waals surface area contributed by atoms with E-state index in [9.17, 15) is 24.6 Å². The summed E-state index contributed by atoms with van der Waals surface area (Å²) in [6.45, 7) is 10.8. The Labute approximate surface area is 155 Å². The van der Waals surface area contributed by atoms with E-state index in [1.807, 2.05) is 13.8 Å². The van der Waals surface area contributed by atoms with Gasteiger partial charge in [-0.15, -0.1) is 0 Å². The Balaban J connectivity index is 3.41. The van der Waals surface area contributed by atoms with Gasteiger partial charge in [-0.2, -0.15) is 0 Å². The summed E-state index contributed by atoms with van der Waals surface area (Å²) in [5.41, 5.74) is -1.23. The number of carbonyl (C=O) groups excluding carboxylic acids is 3. The molecule has 1 aliphatic carbocycles. The first-order chi connectivity index (χ1) is 11.9. The van der Waals surface area contributed by atoms with Gasteiger partial charge in [0.15, 0.2) is 17.3 Å². The number of Topliss-reactive ketones (excluding diaryl/α,β-unsaturated/α-hetero) is 3. The van der Waals surface area contributed by atoms with Crippen molar-refractivity contribution in [3.05, 3.63) is 34.6 Å². The first-order valence-corrected chi connectivity index (χ1v) is 8.94. The molecule has 5 nitrogen and oxygen atoms in total. The summed E-state index contributed by atoms with van der Waals surface area (Å²) in [5.74, 6) is -4.37. The highest BCUT2D eigenvalue weighted by Gasteiger charge is 2.53. The van der Waals surface area contributed by atoms with Gasteiger partial charge in [-0.25, -0.2) is 0 Å². The summed E-state index contributed by atoms with van der Waals surface area (Å²) in [6.07, 6.45) is 3.21. The fraction of sp³-hybridized carbons (Fsp3) is 0.571. The van der Waals surface area contributed by atoms with Gasteiger partial charge < -0.3 is 10.2 Å². The maximum atomic E-state index is 12.8. The van der Waals surface area contributed by atoms with Crippen molar-refractivity contribution in [2.75, 3.05) is 0 Å². The Kier molecular flexibility index (Phi) is 7.27. The molecular weight excluding hydrogens is 332 g/mol. The van der Waals surface area contributed by atoms with Crippen LogP contribution >= 0.6 is 0 Å². The fourth-order valence-corrected chi connectivity index (χ4v) is 2.97. The predicted octanol–water partition coefficient (Wildman–Crippen LogP) is 2.43. The van der Waals surface area contributed by atoms with Gasteiger partial charge in [-0.1, -0.05) is 42.9 Å². The van der Waals surface area contributed by atoms with Gasteiger partial charge in [-0.05, 0) is 40.0 Å². The lowest BCUT2D eigenvalue weighted by atomic mass is 9.81. The van der Waals surface area contributed by atoms with E-state index < -0.39 is 40.2 Å². The highest BCUT2D eigenvalue weighted by Crippen LogP contribution is 2.40. The minimum absolute atomic E-state index is 0.0282. The lowest BCUT2D eigenvalue weighted by Crippen LogP contribution is -2.49. The molecule has 144 valence electrons. The molecule has 0 aromatic rings. The average Bonchev–Trinajstić information content (AvgIpc) is 2.69. The van der Waals surface area contributed by atoms with Crippen LogP contribution in [0.2, 0.25) is 0 Å². The van der Waals surface area contributed by atoms with Crippen LogP contribution in [-0.4, -0.2) is 28.1 Å². The normalized spacial score (nSPS) is 22.6. The second-order valence-electron chi connectivity index (χ2n) is 7.83. The predicted molar refractivity (Wildman–Crippen MR) is 98.0 cm³/mol. The summed E-state index contributed by atoms with van der Waals surface area (Å²) in [7, 11) is 0. The van der Waals surface area contributed by atoms with Crippen LogP contribution in [0.5, 0.6) is 0 Å². The van der Waals surface area contributed by atoms with E-state index in [1.54, 1.807) is 39.8 Å². The molecule has 2 unspecified atom stereocenters. The highest BCUT2D eigenvalue weighted by atomic mass is 16.3. The number of rotatable bonds is 8. The molecule has 26 heavy (non-hydrogen) atoms. The molecule has 1 rings (SSSR count). The maximum Gasteiger partial charge on any atom is 0.172 e. The molecule has 0 saturated carbocycles. The number of hydrogen-bond donors (Lipinski definition) is 1. The number of allylic oxidation sites excluding steroid dienone is 5. The van der Waals surface area contributed by atoms with E-state index >= 15 is 0 Å². The standard InChI is InChI=1S/C21H30O5/c1-12(2)7-9-15-19(24)18(16(22)11-14(5)6)20(25)21(15,26)17(23)10-8-13(3)4/h7-8,14-15,25-26H,9-11H2,1-6H3/p-1. The van der Waals surface area contributed by atoms with Crippen LogP contribution in [0, 0.1) is 11.8 Å². The quantitative estimate of drug-likeness (QED) is 0.529. The number of aliphatic hydroxyl groups is 1. The van der Waals surface area contributed by atoms with Crippen molar-refractivity contribution in [1.29, 1.82) is 0 Å². The summed E-state index contributed by atoms with van der Waals surface area (Å²) in [6, 6.07) is 0. The van der Waals surface area contributed by atoms with Crippen molar-refractivity contribution >= 4 is 17.3 Å². The van der Waals surface area contributed by atoms with Gasteiger partial charge in [0, 0.05) is 12.8 Å². The van der Waals surface area contributed by atoms with Crippen molar-refractivity contribution in [1.82, 2.24) is 0 Å². The van der Waals surface area contributed by atoms with E-state index in [2.05, 4.69) is 0 Å². The Hall–Kier alpha value is -2.01. The molecule has 0 fully saturated rings. The van der Waals surface area contributed by atoms with Crippen molar-refractivity contribution in [2.24, 2.45) is 11.8 Å². The number of ketones is 3. The van der Waals surface area contributed by atoms with Gasteiger partial charge in [0.2, 0.25) is 0 Å². The molecule has 1 aliphatic rings. The molecule has 0 amide bonds. The molecular formula is C21H29O5-. The van der Waals surface area contributed by atoms with Crippen LogP contribution in [0.3, 0.4) is 0 Å². The van der Waals surface area contributed by atoms with Crippen molar-refractivity contribution in [3.63, 3.8) is 0 Å². The summed E-state index contributed by atoms with van der Waals surface area (Å²) in [4.78, 5) is 37.8. The van der Waals surface area contributed by atoms with Crippen molar-refractivity contribution < 1.29 is 24.6 Å². The molecule has 0 aliphatic heterocycles. The summed E-state index contributed by atoms with van der Waals surface area (Å²) in [5, 5.41) is 23.8. The third-order valence-corrected chi connectivity index (χ3v) is 4.40. The van der Waals surface area contributed by atoms with Gasteiger partial charge in [0.05, 0.1) is 11.5 Å². The van der Waals surface area contributed by atoms with Crippen LogP contribution < -0.4 is 5.11 Å². The third kappa shape index (κ3) is 4.58. The minimum atomic E-state index is -2.46. The largest absolute Gasteiger partial charge is 0.873 e. The number of hydrogen-bond acceptors (Lipinski definition) is 5. The second kappa shape index (κ2) is 8.58. The van der Waals surface area contributed by atoms with Gasteiger partial charge in [-0.3, -0.25) is 14.4 Å². The van der Waals surface area contributed by atoms with E-state index in [1.165, 1.54) is 0 Å². The lowest BCUT2D eigenvalue weighted by Gasteiger charge is -2.33. The van der Waals surface area contributed by atoms with E-state index in [0.717, 1.165) is 11.1 Å². The van der Waals surface area contributed by atoms with Crippen molar-refractivity contribution in [2.45, 2.75) is 66.4 Å². The lowest BCUT2D eigenvalue weighted by molar-refractivity contribution is -0.330. The molecule has 5 heteroatoms. The van der Waals surface area contributed by atoms with Crippen molar-refractivity contribution in [3.8, 4) is 0 Å². The highest BCUT2D eigenvalue weighted by molar-refractivity contribution is 6.25. The van der Waals surface area contributed by atoms with E-state index in [-0.39, 0.29) is 25.2 Å². The molecule has 0 aromatic heterocycles. The molecule has 2 atom stereocenters. The summed E-state index contributed by atoms with van der Waals surface area (Å²) < 4.78 is 0. The fourth-order valence-electron chi connectivity index (χ4n) is 2.97.